The standard InChI is InChI=1S/C9H14ClN3O2S/c1-2-7-8(16-13-12-7)9(14)11-4-6-15-5-3-10/h2-6H2,1H3,(H,11,14). The van der Waals surface area contributed by atoms with Gasteiger partial charge in [-0.25, -0.2) is 0 Å². The van der Waals surface area contributed by atoms with Crippen molar-refractivity contribution in [2.75, 3.05) is 25.6 Å². The van der Waals surface area contributed by atoms with Crippen LogP contribution in [0.1, 0.15) is 22.3 Å². The summed E-state index contributed by atoms with van der Waals surface area (Å²) in [4.78, 5) is 12.2. The average molecular weight is 264 g/mol. The summed E-state index contributed by atoms with van der Waals surface area (Å²) in [5.41, 5.74) is 0.740. The zero-order valence-electron chi connectivity index (χ0n) is 9.03. The second kappa shape index (κ2) is 7.54. The highest BCUT2D eigenvalue weighted by Crippen LogP contribution is 2.10. The first kappa shape index (κ1) is 13.3. The van der Waals surface area contributed by atoms with E-state index in [0.29, 0.717) is 36.9 Å². The van der Waals surface area contributed by atoms with E-state index in [2.05, 4.69) is 14.9 Å². The maximum absolute atomic E-state index is 11.7. The predicted octanol–water partition coefficient (Wildman–Crippen LogP) is 1.09. The Bertz CT molecular complexity index is 332. The first-order valence-electron chi connectivity index (χ1n) is 5.02. The van der Waals surface area contributed by atoms with Crippen LogP contribution < -0.4 is 5.32 Å². The molecule has 1 aromatic rings. The molecule has 0 unspecified atom stereocenters. The van der Waals surface area contributed by atoms with Gasteiger partial charge in [0, 0.05) is 12.4 Å². The monoisotopic (exact) mass is 263 g/mol. The van der Waals surface area contributed by atoms with E-state index in [9.17, 15) is 4.79 Å². The highest BCUT2D eigenvalue weighted by molar-refractivity contribution is 7.08. The van der Waals surface area contributed by atoms with E-state index < -0.39 is 0 Å². The maximum Gasteiger partial charge on any atom is 0.265 e. The van der Waals surface area contributed by atoms with Crippen LogP contribution in [0.25, 0.3) is 0 Å². The number of nitrogens with one attached hydrogen (secondary N) is 1. The molecule has 0 saturated carbocycles. The van der Waals surface area contributed by atoms with E-state index >= 15 is 0 Å². The quantitative estimate of drug-likeness (QED) is 0.591. The SMILES string of the molecule is CCc1nnsc1C(=O)NCCOCCCl. The van der Waals surface area contributed by atoms with Crippen LogP contribution in [0.5, 0.6) is 0 Å². The third-order valence-corrected chi connectivity index (χ3v) is 2.77. The summed E-state index contributed by atoms with van der Waals surface area (Å²) in [7, 11) is 0. The van der Waals surface area contributed by atoms with Gasteiger partial charge >= 0.3 is 0 Å². The number of aromatic nitrogens is 2. The molecule has 0 bridgehead atoms. The van der Waals surface area contributed by atoms with Gasteiger partial charge < -0.3 is 10.1 Å². The number of amides is 1. The zero-order valence-corrected chi connectivity index (χ0v) is 10.6. The van der Waals surface area contributed by atoms with Gasteiger partial charge in [0.1, 0.15) is 4.88 Å². The van der Waals surface area contributed by atoms with E-state index in [1.54, 1.807) is 0 Å². The molecule has 1 heterocycles. The molecule has 0 spiro atoms. The molecule has 0 atom stereocenters. The molecular weight excluding hydrogens is 250 g/mol. The van der Waals surface area contributed by atoms with Gasteiger partial charge in [0.05, 0.1) is 18.9 Å². The van der Waals surface area contributed by atoms with Crippen molar-refractivity contribution in [1.82, 2.24) is 14.9 Å². The van der Waals surface area contributed by atoms with Crippen LogP contribution in [-0.4, -0.2) is 41.1 Å². The van der Waals surface area contributed by atoms with Gasteiger partial charge in [-0.15, -0.1) is 16.7 Å². The van der Waals surface area contributed by atoms with Crippen LogP contribution in [-0.2, 0) is 11.2 Å². The number of hydrogen-bond donors (Lipinski definition) is 1. The summed E-state index contributed by atoms with van der Waals surface area (Å²) in [5, 5.41) is 6.61. The molecule has 0 fully saturated rings. The summed E-state index contributed by atoms with van der Waals surface area (Å²) >= 11 is 6.55. The van der Waals surface area contributed by atoms with Crippen molar-refractivity contribution < 1.29 is 9.53 Å². The first-order valence-corrected chi connectivity index (χ1v) is 6.33. The van der Waals surface area contributed by atoms with Gasteiger partial charge in [-0.3, -0.25) is 4.79 Å². The summed E-state index contributed by atoms with van der Waals surface area (Å²) in [6.45, 7) is 3.37. The van der Waals surface area contributed by atoms with E-state index in [1.807, 2.05) is 6.92 Å². The van der Waals surface area contributed by atoms with E-state index in [4.69, 9.17) is 16.3 Å². The van der Waals surface area contributed by atoms with Crippen molar-refractivity contribution in [3.63, 3.8) is 0 Å². The van der Waals surface area contributed by atoms with Crippen LogP contribution in [0.3, 0.4) is 0 Å². The van der Waals surface area contributed by atoms with Gasteiger partial charge in [-0.1, -0.05) is 11.4 Å². The molecule has 90 valence electrons. The fourth-order valence-electron chi connectivity index (χ4n) is 1.09. The number of rotatable bonds is 7. The molecule has 5 nitrogen and oxygen atoms in total. The highest BCUT2D eigenvalue weighted by atomic mass is 35.5. The minimum Gasteiger partial charge on any atom is -0.378 e. The molecule has 1 N–H and O–H groups in total. The normalized spacial score (nSPS) is 10.4. The van der Waals surface area contributed by atoms with Gasteiger partial charge in [0.25, 0.3) is 5.91 Å². The Kier molecular flexibility index (Phi) is 6.29. The van der Waals surface area contributed by atoms with Crippen LogP contribution in [0.15, 0.2) is 0 Å². The molecule has 0 radical (unpaired) electrons. The second-order valence-corrected chi connectivity index (χ2v) is 4.09. The lowest BCUT2D eigenvalue weighted by atomic mass is 10.3. The number of carbonyl (C=O) groups is 1. The lowest BCUT2D eigenvalue weighted by Crippen LogP contribution is -2.27. The van der Waals surface area contributed by atoms with Crippen molar-refractivity contribution >= 4 is 29.0 Å². The molecule has 0 aromatic carbocycles. The van der Waals surface area contributed by atoms with Crippen LogP contribution >= 0.6 is 23.1 Å². The average Bonchev–Trinajstić information content (AvgIpc) is 2.76. The molecule has 1 amide bonds. The Morgan fingerprint density at radius 2 is 2.38 bits per heavy atom. The lowest BCUT2D eigenvalue weighted by molar-refractivity contribution is 0.0926. The summed E-state index contributed by atoms with van der Waals surface area (Å²) < 4.78 is 8.89. The maximum atomic E-state index is 11.7. The fourth-order valence-corrected chi connectivity index (χ4v) is 1.86. The number of carbonyl (C=O) groups excluding carboxylic acids is 1. The van der Waals surface area contributed by atoms with Gasteiger partial charge in [0.2, 0.25) is 0 Å². The molecular formula is C9H14ClN3O2S. The summed E-state index contributed by atoms with van der Waals surface area (Å²) in [6.07, 6.45) is 0.710. The largest absolute Gasteiger partial charge is 0.378 e. The van der Waals surface area contributed by atoms with E-state index in [-0.39, 0.29) is 5.91 Å². The van der Waals surface area contributed by atoms with Gasteiger partial charge in [0.15, 0.2) is 0 Å². The smallest absolute Gasteiger partial charge is 0.265 e. The second-order valence-electron chi connectivity index (χ2n) is 2.96. The molecule has 0 aliphatic rings. The highest BCUT2D eigenvalue weighted by Gasteiger charge is 2.13. The number of nitrogens with zero attached hydrogens (tertiary/aromatic N) is 2. The summed E-state index contributed by atoms with van der Waals surface area (Å²) in [6, 6.07) is 0. The van der Waals surface area contributed by atoms with E-state index in [1.165, 1.54) is 0 Å². The molecule has 0 aliphatic heterocycles. The Balaban J connectivity index is 2.30. The number of alkyl halides is 1. The first-order chi connectivity index (χ1) is 7.79. The molecule has 0 saturated heterocycles. The minimum absolute atomic E-state index is 0.138. The van der Waals surface area contributed by atoms with Gasteiger partial charge in [-0.05, 0) is 18.0 Å². The topological polar surface area (TPSA) is 64.1 Å². The zero-order chi connectivity index (χ0) is 11.8. The fraction of sp³-hybridized carbons (Fsp3) is 0.667. The molecule has 1 aromatic heterocycles. The van der Waals surface area contributed by atoms with Crippen molar-refractivity contribution in [3.05, 3.63) is 10.6 Å². The lowest BCUT2D eigenvalue weighted by Gasteiger charge is -2.04. The number of aryl methyl sites for hydroxylation is 1. The Labute approximate surface area is 103 Å². The third kappa shape index (κ3) is 4.03. The molecule has 0 aliphatic carbocycles. The van der Waals surface area contributed by atoms with Crippen molar-refractivity contribution in [1.29, 1.82) is 0 Å². The Morgan fingerprint density at radius 1 is 1.56 bits per heavy atom. The Hall–Kier alpha value is -0.720. The number of hydrogen-bond acceptors (Lipinski definition) is 5. The molecule has 1 rings (SSSR count). The van der Waals surface area contributed by atoms with Crippen molar-refractivity contribution in [3.8, 4) is 0 Å². The van der Waals surface area contributed by atoms with Gasteiger partial charge in [-0.2, -0.15) is 0 Å². The van der Waals surface area contributed by atoms with Crippen LogP contribution in [0.2, 0.25) is 0 Å². The van der Waals surface area contributed by atoms with Crippen molar-refractivity contribution in [2.45, 2.75) is 13.3 Å². The molecule has 16 heavy (non-hydrogen) atoms. The minimum atomic E-state index is -0.138. The Morgan fingerprint density at radius 3 is 3.06 bits per heavy atom. The summed E-state index contributed by atoms with van der Waals surface area (Å²) in [5.74, 6) is 0.327. The van der Waals surface area contributed by atoms with Crippen LogP contribution in [0.4, 0.5) is 0 Å². The third-order valence-electron chi connectivity index (χ3n) is 1.85. The van der Waals surface area contributed by atoms with E-state index in [0.717, 1.165) is 17.2 Å². The van der Waals surface area contributed by atoms with Crippen LogP contribution in [0, 0.1) is 0 Å². The number of ether oxygens (including phenoxy) is 1. The number of halogens is 1. The molecule has 7 heteroatoms. The predicted molar refractivity (Wildman–Crippen MR) is 63.2 cm³/mol. The van der Waals surface area contributed by atoms with Crippen molar-refractivity contribution in [2.24, 2.45) is 0 Å².